The Bertz CT molecular complexity index is 579. The molecule has 1 aromatic carbocycles. The maximum Gasteiger partial charge on any atom is 0.256 e. The number of amides is 1. The topological polar surface area (TPSA) is 40.5 Å². The minimum atomic E-state index is -0.567. The highest BCUT2D eigenvalue weighted by molar-refractivity contribution is 5.95. The van der Waals surface area contributed by atoms with E-state index in [0.717, 1.165) is 0 Å². The van der Waals surface area contributed by atoms with Gasteiger partial charge in [0.25, 0.3) is 5.91 Å². The SMILES string of the molecule is CC(N(C)C(=O)c1cc(C#CCO)ccc1F)C(C)(C)C. The molecule has 3 nitrogen and oxygen atoms in total. The molecule has 21 heavy (non-hydrogen) atoms. The number of carbonyl (C=O) groups is 1. The Kier molecular flexibility index (Phi) is 5.51. The molecule has 1 atom stereocenters. The van der Waals surface area contributed by atoms with Crippen LogP contribution in [0.15, 0.2) is 18.2 Å². The summed E-state index contributed by atoms with van der Waals surface area (Å²) in [6, 6.07) is 4.09. The molecule has 4 heteroatoms. The summed E-state index contributed by atoms with van der Waals surface area (Å²) in [5, 5.41) is 8.69. The third-order valence-corrected chi connectivity index (χ3v) is 3.66. The van der Waals surface area contributed by atoms with Gasteiger partial charge >= 0.3 is 0 Å². The molecule has 0 fully saturated rings. The number of nitrogens with zero attached hydrogens (tertiary/aromatic N) is 1. The lowest BCUT2D eigenvalue weighted by molar-refractivity contribution is 0.0624. The van der Waals surface area contributed by atoms with Crippen molar-refractivity contribution in [2.45, 2.75) is 33.7 Å². The Morgan fingerprint density at radius 1 is 1.43 bits per heavy atom. The van der Waals surface area contributed by atoms with Crippen LogP contribution in [0, 0.1) is 23.1 Å². The van der Waals surface area contributed by atoms with Crippen molar-refractivity contribution in [2.24, 2.45) is 5.41 Å². The predicted molar refractivity (Wildman–Crippen MR) is 81.4 cm³/mol. The van der Waals surface area contributed by atoms with E-state index in [1.165, 1.54) is 18.2 Å². The van der Waals surface area contributed by atoms with Crippen molar-refractivity contribution in [2.75, 3.05) is 13.7 Å². The van der Waals surface area contributed by atoms with Gasteiger partial charge in [0.05, 0.1) is 5.56 Å². The van der Waals surface area contributed by atoms with Gasteiger partial charge in [0, 0.05) is 18.7 Å². The highest BCUT2D eigenvalue weighted by Gasteiger charge is 2.28. The van der Waals surface area contributed by atoms with Gasteiger partial charge in [-0.05, 0) is 30.5 Å². The van der Waals surface area contributed by atoms with Crippen molar-refractivity contribution in [3.05, 3.63) is 35.1 Å². The van der Waals surface area contributed by atoms with Crippen molar-refractivity contribution in [1.29, 1.82) is 0 Å². The van der Waals surface area contributed by atoms with Crippen LogP contribution in [-0.2, 0) is 0 Å². The molecule has 0 aliphatic heterocycles. The van der Waals surface area contributed by atoms with Crippen molar-refractivity contribution < 1.29 is 14.3 Å². The first-order valence-electron chi connectivity index (χ1n) is 6.85. The molecule has 0 saturated heterocycles. The second-order valence-corrected chi connectivity index (χ2v) is 6.11. The van der Waals surface area contributed by atoms with Crippen LogP contribution in [0.5, 0.6) is 0 Å². The van der Waals surface area contributed by atoms with Gasteiger partial charge in [0.1, 0.15) is 12.4 Å². The molecule has 0 aromatic heterocycles. The quantitative estimate of drug-likeness (QED) is 0.851. The van der Waals surface area contributed by atoms with Crippen LogP contribution in [0.1, 0.15) is 43.6 Å². The summed E-state index contributed by atoms with van der Waals surface area (Å²) < 4.78 is 13.9. The lowest BCUT2D eigenvalue weighted by Crippen LogP contribution is -2.43. The van der Waals surface area contributed by atoms with Gasteiger partial charge in [-0.1, -0.05) is 32.6 Å². The molecule has 0 aliphatic carbocycles. The number of hydrogen-bond acceptors (Lipinski definition) is 2. The van der Waals surface area contributed by atoms with Gasteiger partial charge in [0.2, 0.25) is 0 Å². The molecular formula is C17H22FNO2. The largest absolute Gasteiger partial charge is 0.384 e. The van der Waals surface area contributed by atoms with Crippen molar-refractivity contribution in [3.63, 3.8) is 0 Å². The van der Waals surface area contributed by atoms with E-state index in [4.69, 9.17) is 5.11 Å². The summed E-state index contributed by atoms with van der Waals surface area (Å²) in [4.78, 5) is 14.0. The zero-order valence-corrected chi connectivity index (χ0v) is 13.2. The maximum absolute atomic E-state index is 13.9. The molecule has 1 aromatic rings. The van der Waals surface area contributed by atoms with Crippen molar-refractivity contribution in [3.8, 4) is 11.8 Å². The summed E-state index contributed by atoms with van der Waals surface area (Å²) in [6.07, 6.45) is 0. The Hall–Kier alpha value is -1.86. The number of aliphatic hydroxyl groups excluding tert-OH is 1. The second kappa shape index (κ2) is 6.73. The van der Waals surface area contributed by atoms with Gasteiger partial charge in [-0.25, -0.2) is 4.39 Å². The zero-order valence-electron chi connectivity index (χ0n) is 13.2. The Morgan fingerprint density at radius 2 is 2.05 bits per heavy atom. The number of halogens is 1. The average molecular weight is 291 g/mol. The highest BCUT2D eigenvalue weighted by atomic mass is 19.1. The van der Waals surface area contributed by atoms with Crippen LogP contribution in [0.3, 0.4) is 0 Å². The molecule has 0 heterocycles. The Labute approximate surface area is 125 Å². The van der Waals surface area contributed by atoms with E-state index >= 15 is 0 Å². The van der Waals surface area contributed by atoms with Gasteiger partial charge < -0.3 is 10.0 Å². The van der Waals surface area contributed by atoms with Crippen LogP contribution in [0.4, 0.5) is 4.39 Å². The lowest BCUT2D eigenvalue weighted by Gasteiger charge is -2.35. The summed E-state index contributed by atoms with van der Waals surface area (Å²) in [5.74, 6) is 4.22. The minimum Gasteiger partial charge on any atom is -0.384 e. The van der Waals surface area contributed by atoms with Crippen LogP contribution < -0.4 is 0 Å². The molecule has 0 saturated carbocycles. The van der Waals surface area contributed by atoms with E-state index in [0.29, 0.717) is 5.56 Å². The molecule has 1 unspecified atom stereocenters. The minimum absolute atomic E-state index is 0.00154. The van der Waals surface area contributed by atoms with Crippen molar-refractivity contribution in [1.82, 2.24) is 4.90 Å². The molecular weight excluding hydrogens is 269 g/mol. The fourth-order valence-corrected chi connectivity index (χ4v) is 1.86. The molecule has 1 rings (SSSR count). The summed E-state index contributed by atoms with van der Waals surface area (Å²) in [7, 11) is 1.67. The summed E-state index contributed by atoms with van der Waals surface area (Å²) >= 11 is 0. The molecule has 114 valence electrons. The van der Waals surface area contributed by atoms with Crippen molar-refractivity contribution >= 4 is 5.91 Å². The first-order valence-corrected chi connectivity index (χ1v) is 6.85. The van der Waals surface area contributed by atoms with E-state index in [1.54, 1.807) is 11.9 Å². The first-order chi connectivity index (χ1) is 9.68. The molecule has 1 N–H and O–H groups in total. The van der Waals surface area contributed by atoms with Crippen LogP contribution in [0.25, 0.3) is 0 Å². The number of hydrogen-bond donors (Lipinski definition) is 1. The van der Waals surface area contributed by atoms with Crippen LogP contribution in [0.2, 0.25) is 0 Å². The summed E-state index contributed by atoms with van der Waals surface area (Å²) in [6.45, 7) is 7.75. The van der Waals surface area contributed by atoms with Crippen LogP contribution in [-0.4, -0.2) is 35.6 Å². The number of benzene rings is 1. The van der Waals surface area contributed by atoms with Gasteiger partial charge in [0.15, 0.2) is 0 Å². The van der Waals surface area contributed by atoms with E-state index < -0.39 is 5.82 Å². The lowest BCUT2D eigenvalue weighted by atomic mass is 9.87. The van der Waals surface area contributed by atoms with Gasteiger partial charge in [-0.15, -0.1) is 0 Å². The highest BCUT2D eigenvalue weighted by Crippen LogP contribution is 2.25. The molecule has 0 aliphatic rings. The van der Waals surface area contributed by atoms with E-state index in [1.807, 2.05) is 27.7 Å². The number of carbonyl (C=O) groups excluding carboxylic acids is 1. The maximum atomic E-state index is 13.9. The van der Waals surface area contributed by atoms with Crippen LogP contribution >= 0.6 is 0 Å². The third kappa shape index (κ3) is 4.30. The smallest absolute Gasteiger partial charge is 0.256 e. The van der Waals surface area contributed by atoms with Gasteiger partial charge in [-0.3, -0.25) is 4.79 Å². The third-order valence-electron chi connectivity index (χ3n) is 3.66. The average Bonchev–Trinajstić information content (AvgIpc) is 2.43. The molecule has 0 bridgehead atoms. The number of rotatable bonds is 2. The number of aliphatic hydroxyl groups is 1. The molecule has 0 radical (unpaired) electrons. The second-order valence-electron chi connectivity index (χ2n) is 6.11. The predicted octanol–water partition coefficient (Wildman–Crippen LogP) is 2.68. The van der Waals surface area contributed by atoms with E-state index in [9.17, 15) is 9.18 Å². The monoisotopic (exact) mass is 291 g/mol. The Morgan fingerprint density at radius 3 is 2.57 bits per heavy atom. The van der Waals surface area contributed by atoms with Gasteiger partial charge in [-0.2, -0.15) is 0 Å². The fourth-order valence-electron chi connectivity index (χ4n) is 1.86. The summed E-state index contributed by atoms with van der Waals surface area (Å²) in [5.41, 5.74) is 0.402. The Balaban J connectivity index is 3.12. The molecule has 0 spiro atoms. The standard InChI is InChI=1S/C17H22FNO2/c1-12(17(2,3)4)19(5)16(21)14-11-13(7-6-10-20)8-9-15(14)18/h8-9,11-12,20H,10H2,1-5H3. The van der Waals surface area contributed by atoms with E-state index in [2.05, 4.69) is 11.8 Å². The fraction of sp³-hybridized carbons (Fsp3) is 0.471. The zero-order chi connectivity index (χ0) is 16.2. The first kappa shape index (κ1) is 17.2. The van der Waals surface area contributed by atoms with E-state index in [-0.39, 0.29) is 29.5 Å². The molecule has 1 amide bonds. The normalized spacial score (nSPS) is 12.3.